The van der Waals surface area contributed by atoms with Crippen LogP contribution in [0.15, 0.2) is 42.5 Å². The van der Waals surface area contributed by atoms with Crippen molar-refractivity contribution in [2.75, 3.05) is 32.2 Å². The van der Waals surface area contributed by atoms with Crippen molar-refractivity contribution in [3.05, 3.63) is 48.0 Å². The number of anilines is 1. The summed E-state index contributed by atoms with van der Waals surface area (Å²) in [6, 6.07) is 13.2. The summed E-state index contributed by atoms with van der Waals surface area (Å²) in [6.07, 6.45) is 0.766. The molecule has 0 aromatic heterocycles. The summed E-state index contributed by atoms with van der Waals surface area (Å²) in [7, 11) is 3.18. The highest BCUT2D eigenvalue weighted by molar-refractivity contribution is 5.97. The molecule has 156 valence electrons. The van der Waals surface area contributed by atoms with E-state index >= 15 is 0 Å². The number of carbonyl (C=O) groups is 1. The quantitative estimate of drug-likeness (QED) is 0.807. The van der Waals surface area contributed by atoms with Gasteiger partial charge in [-0.1, -0.05) is 6.07 Å². The predicted octanol–water partition coefficient (Wildman–Crippen LogP) is 3.47. The number of ether oxygens (including phenoxy) is 2. The van der Waals surface area contributed by atoms with Crippen LogP contribution >= 0.6 is 0 Å². The molecule has 3 rings (SSSR count). The molecule has 1 aliphatic heterocycles. The summed E-state index contributed by atoms with van der Waals surface area (Å²) < 4.78 is 10.4. The molecule has 6 heteroatoms. The third-order valence-electron chi connectivity index (χ3n) is 5.51. The fourth-order valence-electron chi connectivity index (χ4n) is 4.06. The second-order valence-electron chi connectivity index (χ2n) is 8.20. The van der Waals surface area contributed by atoms with Gasteiger partial charge in [-0.25, -0.2) is 0 Å². The molecule has 0 aliphatic carbocycles. The molecule has 1 N–H and O–H groups in total. The van der Waals surface area contributed by atoms with Crippen molar-refractivity contribution in [2.24, 2.45) is 0 Å². The summed E-state index contributed by atoms with van der Waals surface area (Å²) in [5, 5.41) is 9.80. The van der Waals surface area contributed by atoms with E-state index in [0.717, 1.165) is 30.0 Å². The highest BCUT2D eigenvalue weighted by Gasteiger charge is 2.40. The average Bonchev–Trinajstić information content (AvgIpc) is 2.68. The first-order valence-corrected chi connectivity index (χ1v) is 9.82. The Hall–Kier alpha value is -2.73. The number of amides is 1. The molecule has 0 bridgehead atoms. The summed E-state index contributed by atoms with van der Waals surface area (Å²) in [4.78, 5) is 17.2. The zero-order valence-electron chi connectivity index (χ0n) is 17.8. The van der Waals surface area contributed by atoms with E-state index in [1.807, 2.05) is 41.3 Å². The fourth-order valence-corrected chi connectivity index (χ4v) is 4.06. The molecule has 0 saturated carbocycles. The van der Waals surface area contributed by atoms with Crippen LogP contribution in [0.2, 0.25) is 0 Å². The van der Waals surface area contributed by atoms with E-state index in [9.17, 15) is 9.90 Å². The molecule has 6 nitrogen and oxygen atoms in total. The van der Waals surface area contributed by atoms with Crippen LogP contribution in [0.25, 0.3) is 0 Å². The molecular formula is C23H30N2O4. The number of aromatic hydroxyl groups is 1. The van der Waals surface area contributed by atoms with Crippen LogP contribution in [0.1, 0.15) is 26.3 Å². The lowest BCUT2D eigenvalue weighted by Gasteiger charge is -2.48. The van der Waals surface area contributed by atoms with Gasteiger partial charge in [0.2, 0.25) is 5.91 Å². The second kappa shape index (κ2) is 8.33. The standard InChI is InChI=1S/C23H30N2O4/c1-16(12-17-6-11-20(26)21(13-17)29-5)24-14-22(27)25(23(2,3)15-24)18-7-9-19(28-4)10-8-18/h6-11,13,16,26H,12,14-15H2,1-5H3. The van der Waals surface area contributed by atoms with Crippen molar-refractivity contribution in [3.8, 4) is 17.2 Å². The van der Waals surface area contributed by atoms with Gasteiger partial charge in [0.05, 0.1) is 26.3 Å². The monoisotopic (exact) mass is 398 g/mol. The van der Waals surface area contributed by atoms with Gasteiger partial charge in [0, 0.05) is 18.3 Å². The molecule has 1 saturated heterocycles. The van der Waals surface area contributed by atoms with E-state index in [1.165, 1.54) is 0 Å². The topological polar surface area (TPSA) is 62.2 Å². The van der Waals surface area contributed by atoms with E-state index in [-0.39, 0.29) is 23.2 Å². The molecular weight excluding hydrogens is 368 g/mol. The minimum Gasteiger partial charge on any atom is -0.504 e. The van der Waals surface area contributed by atoms with Crippen LogP contribution in [0.4, 0.5) is 5.69 Å². The lowest BCUT2D eigenvalue weighted by Crippen LogP contribution is -2.64. The molecule has 0 spiro atoms. The van der Waals surface area contributed by atoms with Crippen LogP contribution in [0.5, 0.6) is 17.2 Å². The van der Waals surface area contributed by atoms with Gasteiger partial charge in [-0.3, -0.25) is 9.69 Å². The van der Waals surface area contributed by atoms with Crippen LogP contribution < -0.4 is 14.4 Å². The molecule has 29 heavy (non-hydrogen) atoms. The largest absolute Gasteiger partial charge is 0.504 e. The van der Waals surface area contributed by atoms with Gasteiger partial charge in [-0.15, -0.1) is 0 Å². The lowest BCUT2D eigenvalue weighted by molar-refractivity contribution is -0.124. The van der Waals surface area contributed by atoms with Crippen LogP contribution in [-0.4, -0.2) is 54.8 Å². The van der Waals surface area contributed by atoms with Crippen LogP contribution in [0.3, 0.4) is 0 Å². The van der Waals surface area contributed by atoms with Crippen molar-refractivity contribution in [3.63, 3.8) is 0 Å². The molecule has 2 aromatic carbocycles. The summed E-state index contributed by atoms with van der Waals surface area (Å²) in [5.41, 5.74) is 1.61. The Kier molecular flexibility index (Phi) is 6.03. The van der Waals surface area contributed by atoms with Crippen molar-refractivity contribution in [2.45, 2.75) is 38.8 Å². The molecule has 1 fully saturated rings. The Morgan fingerprint density at radius 3 is 2.38 bits per heavy atom. The number of carbonyl (C=O) groups excluding carboxylic acids is 1. The van der Waals surface area contributed by atoms with Gasteiger partial charge in [0.25, 0.3) is 0 Å². The van der Waals surface area contributed by atoms with Gasteiger partial charge >= 0.3 is 0 Å². The number of methoxy groups -OCH3 is 2. The number of phenolic OH excluding ortho intramolecular Hbond substituents is 1. The molecule has 2 aromatic rings. The van der Waals surface area contributed by atoms with Gasteiger partial charge < -0.3 is 19.5 Å². The number of hydrogen-bond donors (Lipinski definition) is 1. The minimum atomic E-state index is -0.342. The average molecular weight is 399 g/mol. The molecule has 0 radical (unpaired) electrons. The number of hydrogen-bond acceptors (Lipinski definition) is 5. The maximum atomic E-state index is 13.1. The fraction of sp³-hybridized carbons (Fsp3) is 0.435. The Morgan fingerprint density at radius 1 is 1.10 bits per heavy atom. The minimum absolute atomic E-state index is 0.0848. The summed E-state index contributed by atoms with van der Waals surface area (Å²) >= 11 is 0. The van der Waals surface area contributed by atoms with Crippen molar-refractivity contribution >= 4 is 11.6 Å². The summed E-state index contributed by atoms with van der Waals surface area (Å²) in [5.74, 6) is 1.46. The normalized spacial score (nSPS) is 17.8. The molecule has 1 unspecified atom stereocenters. The number of benzene rings is 2. The lowest BCUT2D eigenvalue weighted by atomic mass is 9.94. The van der Waals surface area contributed by atoms with Crippen LogP contribution in [-0.2, 0) is 11.2 Å². The molecule has 1 atom stereocenters. The maximum Gasteiger partial charge on any atom is 0.241 e. The van der Waals surface area contributed by atoms with E-state index < -0.39 is 0 Å². The van der Waals surface area contributed by atoms with Gasteiger partial charge in [0.15, 0.2) is 11.5 Å². The first-order chi connectivity index (χ1) is 13.7. The van der Waals surface area contributed by atoms with Crippen LogP contribution in [0, 0.1) is 0 Å². The van der Waals surface area contributed by atoms with E-state index in [4.69, 9.17) is 9.47 Å². The van der Waals surface area contributed by atoms with E-state index in [2.05, 4.69) is 25.7 Å². The third-order valence-corrected chi connectivity index (χ3v) is 5.51. The second-order valence-corrected chi connectivity index (χ2v) is 8.20. The number of piperazine rings is 1. The number of phenols is 1. The zero-order valence-corrected chi connectivity index (χ0v) is 17.8. The Labute approximate surface area is 172 Å². The van der Waals surface area contributed by atoms with Crippen molar-refractivity contribution < 1.29 is 19.4 Å². The number of rotatable bonds is 6. The molecule has 1 amide bonds. The van der Waals surface area contributed by atoms with Crippen molar-refractivity contribution in [1.82, 2.24) is 4.90 Å². The maximum absolute atomic E-state index is 13.1. The molecule has 1 aliphatic rings. The third kappa shape index (κ3) is 4.48. The highest BCUT2D eigenvalue weighted by Crippen LogP contribution is 2.32. The zero-order chi connectivity index (χ0) is 21.2. The molecule has 1 heterocycles. The number of nitrogens with zero attached hydrogens (tertiary/aromatic N) is 2. The predicted molar refractivity (Wildman–Crippen MR) is 114 cm³/mol. The Balaban J connectivity index is 1.74. The van der Waals surface area contributed by atoms with Gasteiger partial charge in [-0.05, 0) is 69.2 Å². The van der Waals surface area contributed by atoms with E-state index in [0.29, 0.717) is 12.3 Å². The first-order valence-electron chi connectivity index (χ1n) is 9.82. The van der Waals surface area contributed by atoms with Gasteiger partial charge in [-0.2, -0.15) is 0 Å². The SMILES string of the molecule is COc1ccc(N2C(=O)CN(C(C)Cc3ccc(O)c(OC)c3)CC2(C)C)cc1. The Morgan fingerprint density at radius 2 is 1.79 bits per heavy atom. The van der Waals surface area contributed by atoms with Crippen molar-refractivity contribution in [1.29, 1.82) is 0 Å². The Bertz CT molecular complexity index is 864. The highest BCUT2D eigenvalue weighted by atomic mass is 16.5. The summed E-state index contributed by atoms with van der Waals surface area (Å²) in [6.45, 7) is 7.45. The van der Waals surface area contributed by atoms with Gasteiger partial charge in [0.1, 0.15) is 5.75 Å². The smallest absolute Gasteiger partial charge is 0.241 e. The first kappa shape index (κ1) is 21.0. The van der Waals surface area contributed by atoms with E-state index in [1.54, 1.807) is 20.3 Å².